The number of hydrogen-bond acceptors (Lipinski definition) is 3. The first-order valence-corrected chi connectivity index (χ1v) is 9.69. The summed E-state index contributed by atoms with van der Waals surface area (Å²) in [6, 6.07) is 21.7. The second kappa shape index (κ2) is 8.02. The van der Waals surface area contributed by atoms with Crippen molar-refractivity contribution in [1.82, 2.24) is 15.1 Å². The Morgan fingerprint density at radius 1 is 0.885 bits per heavy atom. The van der Waals surface area contributed by atoms with Crippen LogP contribution in [-0.4, -0.2) is 54.5 Å². The van der Waals surface area contributed by atoms with Gasteiger partial charge in [0, 0.05) is 26.2 Å². The van der Waals surface area contributed by atoms with Gasteiger partial charge in [-0.2, -0.15) is 0 Å². The van der Waals surface area contributed by atoms with Crippen LogP contribution in [0.25, 0.3) is 0 Å². The number of carbonyl (C=O) groups is 1. The molecule has 2 aromatic rings. The Bertz CT molecular complexity index is 665. The summed E-state index contributed by atoms with van der Waals surface area (Å²) in [5, 5.41) is 3.33. The minimum Gasteiger partial charge on any atom is -0.339 e. The third-order valence-corrected chi connectivity index (χ3v) is 5.58. The van der Waals surface area contributed by atoms with Crippen LogP contribution < -0.4 is 5.32 Å². The molecule has 0 bridgehead atoms. The van der Waals surface area contributed by atoms with Crippen molar-refractivity contribution in [3.63, 3.8) is 0 Å². The Kier molecular flexibility index (Phi) is 5.32. The van der Waals surface area contributed by atoms with Gasteiger partial charge in [0.15, 0.2) is 0 Å². The average molecular weight is 349 g/mol. The SMILES string of the molecule is O=C([C@H]1CCCN1)N1CCN(C(c2ccccc2)c2ccccc2)CC1. The predicted molar refractivity (Wildman–Crippen MR) is 104 cm³/mol. The standard InChI is InChI=1S/C22H27N3O/c26-22(20-12-7-13-23-20)25-16-14-24(15-17-25)21(18-8-3-1-4-9-18)19-10-5-2-6-11-19/h1-6,8-11,20-21,23H,7,12-17H2/t20-/m1/s1. The van der Waals surface area contributed by atoms with Crippen LogP contribution in [0, 0.1) is 0 Å². The van der Waals surface area contributed by atoms with E-state index in [1.165, 1.54) is 11.1 Å². The van der Waals surface area contributed by atoms with Crippen molar-refractivity contribution in [2.24, 2.45) is 0 Å². The normalized spacial score (nSPS) is 21.3. The zero-order valence-corrected chi connectivity index (χ0v) is 15.2. The van der Waals surface area contributed by atoms with Crippen molar-refractivity contribution in [1.29, 1.82) is 0 Å². The summed E-state index contributed by atoms with van der Waals surface area (Å²) in [6.07, 6.45) is 2.09. The van der Waals surface area contributed by atoms with Gasteiger partial charge >= 0.3 is 0 Å². The Morgan fingerprint density at radius 3 is 1.96 bits per heavy atom. The van der Waals surface area contributed by atoms with Crippen LogP contribution >= 0.6 is 0 Å². The maximum absolute atomic E-state index is 12.7. The smallest absolute Gasteiger partial charge is 0.239 e. The largest absolute Gasteiger partial charge is 0.339 e. The maximum atomic E-state index is 12.7. The molecule has 4 rings (SSSR count). The van der Waals surface area contributed by atoms with E-state index in [1.807, 2.05) is 4.90 Å². The second-order valence-corrected chi connectivity index (χ2v) is 7.23. The Morgan fingerprint density at radius 2 is 1.46 bits per heavy atom. The lowest BCUT2D eigenvalue weighted by atomic mass is 9.96. The molecule has 0 unspecified atom stereocenters. The highest BCUT2D eigenvalue weighted by molar-refractivity contribution is 5.82. The van der Waals surface area contributed by atoms with E-state index in [0.717, 1.165) is 45.6 Å². The molecule has 136 valence electrons. The summed E-state index contributed by atoms with van der Waals surface area (Å²) in [5.41, 5.74) is 2.63. The van der Waals surface area contributed by atoms with Crippen LogP contribution in [-0.2, 0) is 4.79 Å². The first-order chi connectivity index (χ1) is 12.8. The van der Waals surface area contributed by atoms with Crippen molar-refractivity contribution in [3.05, 3.63) is 71.8 Å². The molecule has 2 heterocycles. The van der Waals surface area contributed by atoms with Gasteiger partial charge in [-0.15, -0.1) is 0 Å². The molecule has 26 heavy (non-hydrogen) atoms. The van der Waals surface area contributed by atoms with Gasteiger partial charge in [-0.05, 0) is 30.5 Å². The summed E-state index contributed by atoms with van der Waals surface area (Å²) in [5.74, 6) is 0.290. The molecule has 2 fully saturated rings. The molecule has 2 saturated heterocycles. The number of nitrogens with zero attached hydrogens (tertiary/aromatic N) is 2. The zero-order chi connectivity index (χ0) is 17.8. The van der Waals surface area contributed by atoms with Gasteiger partial charge in [0.2, 0.25) is 5.91 Å². The minimum absolute atomic E-state index is 0.0422. The van der Waals surface area contributed by atoms with E-state index < -0.39 is 0 Å². The molecule has 0 radical (unpaired) electrons. The molecular weight excluding hydrogens is 322 g/mol. The van der Waals surface area contributed by atoms with Crippen molar-refractivity contribution >= 4 is 5.91 Å². The molecule has 2 aliphatic heterocycles. The lowest BCUT2D eigenvalue weighted by molar-refractivity contribution is -0.135. The van der Waals surface area contributed by atoms with Gasteiger partial charge < -0.3 is 10.2 Å². The van der Waals surface area contributed by atoms with Gasteiger partial charge in [0.1, 0.15) is 0 Å². The van der Waals surface area contributed by atoms with Gasteiger partial charge in [0.05, 0.1) is 12.1 Å². The van der Waals surface area contributed by atoms with Crippen LogP contribution in [0.4, 0.5) is 0 Å². The van der Waals surface area contributed by atoms with Crippen molar-refractivity contribution in [2.45, 2.75) is 24.9 Å². The summed E-state index contributed by atoms with van der Waals surface area (Å²) >= 11 is 0. The molecule has 1 N–H and O–H groups in total. The van der Waals surface area contributed by atoms with E-state index in [4.69, 9.17) is 0 Å². The van der Waals surface area contributed by atoms with E-state index in [1.54, 1.807) is 0 Å². The number of piperazine rings is 1. The molecule has 1 amide bonds. The first kappa shape index (κ1) is 17.3. The number of nitrogens with one attached hydrogen (secondary N) is 1. The van der Waals surface area contributed by atoms with E-state index in [-0.39, 0.29) is 18.0 Å². The monoisotopic (exact) mass is 349 g/mol. The number of benzene rings is 2. The molecule has 0 saturated carbocycles. The number of rotatable bonds is 4. The van der Waals surface area contributed by atoms with Crippen LogP contribution in [0.5, 0.6) is 0 Å². The van der Waals surface area contributed by atoms with E-state index in [9.17, 15) is 4.79 Å². The van der Waals surface area contributed by atoms with Crippen LogP contribution in [0.15, 0.2) is 60.7 Å². The van der Waals surface area contributed by atoms with E-state index in [0.29, 0.717) is 0 Å². The van der Waals surface area contributed by atoms with E-state index >= 15 is 0 Å². The van der Waals surface area contributed by atoms with Crippen LogP contribution in [0.3, 0.4) is 0 Å². The fourth-order valence-electron chi connectivity index (χ4n) is 4.20. The fraction of sp³-hybridized carbons (Fsp3) is 0.409. The molecule has 0 aromatic heterocycles. The highest BCUT2D eigenvalue weighted by Gasteiger charge is 2.31. The molecule has 2 aliphatic rings. The highest BCUT2D eigenvalue weighted by atomic mass is 16.2. The fourth-order valence-corrected chi connectivity index (χ4v) is 4.20. The molecular formula is C22H27N3O. The topological polar surface area (TPSA) is 35.6 Å². The molecule has 2 aromatic carbocycles. The molecule has 1 atom stereocenters. The Labute approximate surface area is 155 Å². The average Bonchev–Trinajstić information content (AvgIpc) is 3.25. The quantitative estimate of drug-likeness (QED) is 0.922. The highest BCUT2D eigenvalue weighted by Crippen LogP contribution is 2.29. The number of amides is 1. The van der Waals surface area contributed by atoms with Gasteiger partial charge in [0.25, 0.3) is 0 Å². The number of hydrogen-bond donors (Lipinski definition) is 1. The molecule has 4 heteroatoms. The molecule has 4 nitrogen and oxygen atoms in total. The Balaban J connectivity index is 1.49. The van der Waals surface area contributed by atoms with Gasteiger partial charge in [-0.3, -0.25) is 9.69 Å². The third kappa shape index (κ3) is 3.67. The van der Waals surface area contributed by atoms with Crippen LogP contribution in [0.1, 0.15) is 30.0 Å². The van der Waals surface area contributed by atoms with E-state index in [2.05, 4.69) is 70.9 Å². The predicted octanol–water partition coefficient (Wildman–Crippen LogP) is 2.67. The molecule has 0 spiro atoms. The van der Waals surface area contributed by atoms with Crippen LogP contribution in [0.2, 0.25) is 0 Å². The van der Waals surface area contributed by atoms with Crippen molar-refractivity contribution in [2.75, 3.05) is 32.7 Å². The maximum Gasteiger partial charge on any atom is 0.239 e. The summed E-state index contributed by atoms with van der Waals surface area (Å²) < 4.78 is 0. The summed E-state index contributed by atoms with van der Waals surface area (Å²) in [7, 11) is 0. The first-order valence-electron chi connectivity index (χ1n) is 9.69. The minimum atomic E-state index is 0.0422. The Hall–Kier alpha value is -2.17. The zero-order valence-electron chi connectivity index (χ0n) is 15.2. The van der Waals surface area contributed by atoms with Gasteiger partial charge in [-0.25, -0.2) is 0 Å². The van der Waals surface area contributed by atoms with Crippen molar-refractivity contribution in [3.8, 4) is 0 Å². The summed E-state index contributed by atoms with van der Waals surface area (Å²) in [6.45, 7) is 4.42. The molecule has 0 aliphatic carbocycles. The third-order valence-electron chi connectivity index (χ3n) is 5.58. The van der Waals surface area contributed by atoms with Gasteiger partial charge in [-0.1, -0.05) is 60.7 Å². The lowest BCUT2D eigenvalue weighted by Crippen LogP contribution is -2.53. The lowest BCUT2D eigenvalue weighted by Gasteiger charge is -2.40. The second-order valence-electron chi connectivity index (χ2n) is 7.23. The van der Waals surface area contributed by atoms with Crippen molar-refractivity contribution < 1.29 is 4.79 Å². The number of carbonyl (C=O) groups excluding carboxylic acids is 1. The summed E-state index contributed by atoms with van der Waals surface area (Å²) in [4.78, 5) is 17.2.